The van der Waals surface area contributed by atoms with Gasteiger partial charge in [0.1, 0.15) is 11.2 Å². The van der Waals surface area contributed by atoms with Crippen molar-refractivity contribution in [3.63, 3.8) is 0 Å². The van der Waals surface area contributed by atoms with E-state index in [4.69, 9.17) is 29.3 Å². The highest BCUT2D eigenvalue weighted by Gasteiger charge is 2.19. The van der Waals surface area contributed by atoms with Crippen molar-refractivity contribution in [1.29, 1.82) is 0 Å². The summed E-state index contributed by atoms with van der Waals surface area (Å²) in [6, 6.07) is 50.5. The van der Waals surface area contributed by atoms with Gasteiger partial charge < -0.3 is 4.42 Å². The Bertz CT molecular complexity index is 2590. The Morgan fingerprint density at radius 2 is 0.878 bits per heavy atom. The van der Waals surface area contributed by atoms with Crippen LogP contribution < -0.4 is 0 Å². The molecule has 0 unspecified atom stereocenters. The van der Waals surface area contributed by atoms with Crippen LogP contribution >= 0.6 is 0 Å². The maximum Gasteiger partial charge on any atom is 0.229 e. The molecule has 0 aliphatic heterocycles. The molecule has 4 heterocycles. The first-order valence-electron chi connectivity index (χ1n) is 16.0. The molecular formula is C42H26N6O. The van der Waals surface area contributed by atoms with Gasteiger partial charge in [-0.3, -0.25) is 0 Å². The van der Waals surface area contributed by atoms with Gasteiger partial charge in [-0.05, 0) is 29.3 Å². The molecule has 0 radical (unpaired) electrons. The average molecular weight is 631 g/mol. The Morgan fingerprint density at radius 1 is 0.367 bits per heavy atom. The van der Waals surface area contributed by atoms with Crippen molar-refractivity contribution < 1.29 is 4.42 Å². The molecule has 9 rings (SSSR count). The number of rotatable bonds is 6. The van der Waals surface area contributed by atoms with E-state index in [0.29, 0.717) is 40.3 Å². The van der Waals surface area contributed by atoms with E-state index < -0.39 is 0 Å². The highest BCUT2D eigenvalue weighted by Crippen LogP contribution is 2.36. The zero-order valence-electron chi connectivity index (χ0n) is 26.1. The molecule has 0 fully saturated rings. The normalized spacial score (nSPS) is 11.3. The monoisotopic (exact) mass is 630 g/mol. The van der Waals surface area contributed by atoms with Crippen LogP contribution in [-0.2, 0) is 0 Å². The first-order chi connectivity index (χ1) is 24.3. The van der Waals surface area contributed by atoms with Gasteiger partial charge in [-0.25, -0.2) is 29.9 Å². The van der Waals surface area contributed by atoms with Gasteiger partial charge in [0.2, 0.25) is 5.71 Å². The Hall–Kier alpha value is -6.86. The lowest BCUT2D eigenvalue weighted by Gasteiger charge is -2.10. The fraction of sp³-hybridized carbons (Fsp3) is 0. The molecule has 0 amide bonds. The van der Waals surface area contributed by atoms with Gasteiger partial charge in [-0.15, -0.1) is 0 Å². The summed E-state index contributed by atoms with van der Waals surface area (Å²) in [7, 11) is 0. The molecule has 7 nitrogen and oxygen atoms in total. The van der Waals surface area contributed by atoms with Crippen LogP contribution in [0.3, 0.4) is 0 Å². The number of furan rings is 1. The van der Waals surface area contributed by atoms with Gasteiger partial charge in [0.05, 0.1) is 5.39 Å². The van der Waals surface area contributed by atoms with E-state index in [9.17, 15) is 0 Å². The van der Waals surface area contributed by atoms with Crippen LogP contribution in [0.4, 0.5) is 0 Å². The third-order valence-corrected chi connectivity index (χ3v) is 8.43. The van der Waals surface area contributed by atoms with E-state index in [0.717, 1.165) is 49.8 Å². The topological polar surface area (TPSA) is 90.5 Å². The number of hydrogen-bond acceptors (Lipinski definition) is 7. The smallest absolute Gasteiger partial charge is 0.229 e. The molecule has 0 spiro atoms. The predicted octanol–water partition coefficient (Wildman–Crippen LogP) is 9.96. The zero-order valence-corrected chi connectivity index (χ0v) is 26.1. The molecule has 0 aliphatic rings. The predicted molar refractivity (Wildman–Crippen MR) is 193 cm³/mol. The molecule has 49 heavy (non-hydrogen) atoms. The summed E-state index contributed by atoms with van der Waals surface area (Å²) in [6.45, 7) is 0. The molecule has 0 N–H and O–H groups in total. The van der Waals surface area contributed by atoms with Crippen LogP contribution in [-0.4, -0.2) is 29.9 Å². The van der Waals surface area contributed by atoms with Crippen molar-refractivity contribution in [3.8, 4) is 67.9 Å². The molecule has 0 aliphatic carbocycles. The molecule has 0 saturated heterocycles. The van der Waals surface area contributed by atoms with Gasteiger partial charge in [0.25, 0.3) is 0 Å². The first-order valence-corrected chi connectivity index (χ1v) is 16.0. The highest BCUT2D eigenvalue weighted by molar-refractivity contribution is 6.06. The van der Waals surface area contributed by atoms with E-state index in [1.165, 1.54) is 0 Å². The summed E-state index contributed by atoms with van der Waals surface area (Å²) in [5.74, 6) is 2.40. The average Bonchev–Trinajstić information content (AvgIpc) is 3.57. The zero-order chi connectivity index (χ0) is 32.6. The summed E-state index contributed by atoms with van der Waals surface area (Å²) in [5, 5.41) is 0.845. The lowest BCUT2D eigenvalue weighted by atomic mass is 10.0. The summed E-state index contributed by atoms with van der Waals surface area (Å²) in [6.07, 6.45) is 1.72. The minimum atomic E-state index is 0.525. The maximum atomic E-state index is 6.25. The summed E-state index contributed by atoms with van der Waals surface area (Å²) >= 11 is 0. The molecule has 0 bridgehead atoms. The van der Waals surface area contributed by atoms with Crippen LogP contribution in [0.15, 0.2) is 162 Å². The quantitative estimate of drug-likeness (QED) is 0.181. The maximum absolute atomic E-state index is 6.25. The number of nitrogens with zero attached hydrogens (tertiary/aromatic N) is 6. The molecular weight excluding hydrogens is 605 g/mol. The van der Waals surface area contributed by atoms with Crippen molar-refractivity contribution in [2.45, 2.75) is 0 Å². The minimum absolute atomic E-state index is 0.525. The molecule has 5 aromatic carbocycles. The number of fused-ring (bicyclic) bond motifs is 3. The van der Waals surface area contributed by atoms with Crippen LogP contribution in [0.1, 0.15) is 0 Å². The SMILES string of the molecule is c1ccc(-c2cccc(-c3nc(-c4ccccc4)nc(-c4ccc(-c5nc(-c6ccccc6)nc6c5oc5ncccc56)cc4)n3)c2)cc1. The molecule has 9 aromatic rings. The number of pyridine rings is 1. The van der Waals surface area contributed by atoms with Gasteiger partial charge in [0, 0.05) is 34.0 Å². The fourth-order valence-corrected chi connectivity index (χ4v) is 5.99. The third-order valence-electron chi connectivity index (χ3n) is 8.43. The molecule has 230 valence electrons. The fourth-order valence-electron chi connectivity index (χ4n) is 5.99. The van der Waals surface area contributed by atoms with E-state index in [1.54, 1.807) is 6.20 Å². The van der Waals surface area contributed by atoms with Gasteiger partial charge in [-0.1, -0.05) is 133 Å². The molecule has 4 aromatic heterocycles. The van der Waals surface area contributed by atoms with Gasteiger partial charge in [0.15, 0.2) is 28.9 Å². The van der Waals surface area contributed by atoms with Crippen molar-refractivity contribution in [2.75, 3.05) is 0 Å². The second-order valence-electron chi connectivity index (χ2n) is 11.6. The lowest BCUT2D eigenvalue weighted by Crippen LogP contribution is -2.00. The number of hydrogen-bond donors (Lipinski definition) is 0. The van der Waals surface area contributed by atoms with E-state index >= 15 is 0 Å². The number of aromatic nitrogens is 6. The summed E-state index contributed by atoms with van der Waals surface area (Å²) < 4.78 is 6.25. The Labute approximate surface area is 281 Å². The second-order valence-corrected chi connectivity index (χ2v) is 11.6. The minimum Gasteiger partial charge on any atom is -0.434 e. The van der Waals surface area contributed by atoms with Crippen LogP contribution in [0, 0.1) is 0 Å². The first kappa shape index (κ1) is 28.4. The highest BCUT2D eigenvalue weighted by atomic mass is 16.3. The summed E-state index contributed by atoms with van der Waals surface area (Å²) in [4.78, 5) is 29.2. The van der Waals surface area contributed by atoms with E-state index in [1.807, 2.05) is 127 Å². The molecule has 7 heteroatoms. The summed E-state index contributed by atoms with van der Waals surface area (Å²) in [5.41, 5.74) is 9.23. The Kier molecular flexibility index (Phi) is 6.98. The van der Waals surface area contributed by atoms with Crippen molar-refractivity contribution in [3.05, 3.63) is 158 Å². The van der Waals surface area contributed by atoms with E-state index in [2.05, 4.69) is 29.2 Å². The Morgan fingerprint density at radius 3 is 1.53 bits per heavy atom. The van der Waals surface area contributed by atoms with Crippen LogP contribution in [0.25, 0.3) is 90.1 Å². The standard InChI is InChI=1S/C42H26N6O/c1-4-12-27(13-5-1)32-18-10-19-33(26-32)41-47-39(30-16-8-3-9-17-30)46-40(48-41)31-23-21-28(22-24-31)35-37-36(34-20-11-25-43-42(34)49-37)45-38(44-35)29-14-6-2-7-15-29/h1-26H. The van der Waals surface area contributed by atoms with Crippen molar-refractivity contribution in [1.82, 2.24) is 29.9 Å². The van der Waals surface area contributed by atoms with Crippen molar-refractivity contribution >= 4 is 22.2 Å². The van der Waals surface area contributed by atoms with E-state index in [-0.39, 0.29) is 0 Å². The third kappa shape index (κ3) is 5.39. The van der Waals surface area contributed by atoms with Crippen molar-refractivity contribution in [2.24, 2.45) is 0 Å². The van der Waals surface area contributed by atoms with Crippen LogP contribution in [0.5, 0.6) is 0 Å². The second kappa shape index (κ2) is 12.1. The van der Waals surface area contributed by atoms with Gasteiger partial charge in [-0.2, -0.15) is 0 Å². The largest absolute Gasteiger partial charge is 0.434 e. The Balaban J connectivity index is 1.16. The van der Waals surface area contributed by atoms with Crippen LogP contribution in [0.2, 0.25) is 0 Å². The number of benzene rings is 5. The molecule has 0 atom stereocenters. The lowest BCUT2D eigenvalue weighted by molar-refractivity contribution is 0.652. The van der Waals surface area contributed by atoms with Gasteiger partial charge >= 0.3 is 0 Å². The molecule has 0 saturated carbocycles.